The van der Waals surface area contributed by atoms with E-state index in [1.807, 2.05) is 0 Å². The largest absolute Gasteiger partial charge is 0.378 e. The van der Waals surface area contributed by atoms with Gasteiger partial charge < -0.3 is 20.4 Å². The van der Waals surface area contributed by atoms with Crippen molar-refractivity contribution in [1.29, 1.82) is 0 Å². The van der Waals surface area contributed by atoms with Gasteiger partial charge >= 0.3 is 0 Å². The number of aromatic nitrogens is 2. The molecular weight excluding hydrogens is 244 g/mol. The molecule has 2 heterocycles. The minimum absolute atomic E-state index is 0.124. The molecule has 0 unspecified atom stereocenters. The summed E-state index contributed by atoms with van der Waals surface area (Å²) in [6.45, 7) is 5.39. The first-order chi connectivity index (χ1) is 9.24. The van der Waals surface area contributed by atoms with Crippen LogP contribution in [-0.4, -0.2) is 42.3 Å². The molecule has 106 valence electrons. The molecule has 1 aromatic rings. The first kappa shape index (κ1) is 14.0. The average Bonchev–Trinajstić information content (AvgIpc) is 2.38. The Morgan fingerprint density at radius 2 is 2.26 bits per heavy atom. The van der Waals surface area contributed by atoms with Crippen molar-refractivity contribution in [1.82, 2.24) is 15.3 Å². The standard InChI is InChI=1S/C13H22N4O2/c1-10-16-12(9-13(18)17-10)15-5-2-8-19-11-3-6-14-7-4-11/h9,11,14H,2-8H2,1H3,(H2,15,16,17,18). The van der Waals surface area contributed by atoms with E-state index in [1.165, 1.54) is 6.07 Å². The van der Waals surface area contributed by atoms with Crippen molar-refractivity contribution in [2.24, 2.45) is 0 Å². The van der Waals surface area contributed by atoms with Gasteiger partial charge in [0.15, 0.2) is 0 Å². The third-order valence-corrected chi connectivity index (χ3v) is 3.13. The molecule has 0 spiro atoms. The second-order valence-corrected chi connectivity index (χ2v) is 4.82. The van der Waals surface area contributed by atoms with Crippen LogP contribution in [0.5, 0.6) is 0 Å². The first-order valence-corrected chi connectivity index (χ1v) is 6.88. The van der Waals surface area contributed by atoms with E-state index in [2.05, 4.69) is 20.6 Å². The predicted molar refractivity (Wildman–Crippen MR) is 74.5 cm³/mol. The van der Waals surface area contributed by atoms with E-state index in [4.69, 9.17) is 4.74 Å². The van der Waals surface area contributed by atoms with Gasteiger partial charge in [-0.05, 0) is 39.3 Å². The normalized spacial score (nSPS) is 16.5. The van der Waals surface area contributed by atoms with Crippen LogP contribution in [-0.2, 0) is 4.74 Å². The zero-order valence-corrected chi connectivity index (χ0v) is 11.4. The summed E-state index contributed by atoms with van der Waals surface area (Å²) in [7, 11) is 0. The predicted octanol–water partition coefficient (Wildman–Crippen LogP) is 0.649. The number of nitrogens with zero attached hydrogens (tertiary/aromatic N) is 1. The Hall–Kier alpha value is -1.40. The molecule has 1 fully saturated rings. The summed E-state index contributed by atoms with van der Waals surface area (Å²) >= 11 is 0. The molecule has 1 saturated heterocycles. The zero-order chi connectivity index (χ0) is 13.5. The number of H-pyrrole nitrogens is 1. The number of hydrogen-bond donors (Lipinski definition) is 3. The first-order valence-electron chi connectivity index (χ1n) is 6.88. The van der Waals surface area contributed by atoms with Gasteiger partial charge in [0.25, 0.3) is 5.56 Å². The van der Waals surface area contributed by atoms with Gasteiger partial charge in [0, 0.05) is 19.2 Å². The van der Waals surface area contributed by atoms with Gasteiger partial charge in [-0.3, -0.25) is 4.79 Å². The monoisotopic (exact) mass is 266 g/mol. The number of aryl methyl sites for hydroxylation is 1. The third-order valence-electron chi connectivity index (χ3n) is 3.13. The summed E-state index contributed by atoms with van der Waals surface area (Å²) in [4.78, 5) is 18.1. The Labute approximate surface area is 113 Å². The quantitative estimate of drug-likeness (QED) is 0.659. The summed E-state index contributed by atoms with van der Waals surface area (Å²) in [5, 5.41) is 6.46. The molecule has 0 saturated carbocycles. The third kappa shape index (κ3) is 5.00. The molecule has 0 bridgehead atoms. The maximum atomic E-state index is 11.2. The molecule has 6 nitrogen and oxygen atoms in total. The molecule has 1 aromatic heterocycles. The lowest BCUT2D eigenvalue weighted by atomic mass is 10.1. The van der Waals surface area contributed by atoms with Crippen LogP contribution in [0.25, 0.3) is 0 Å². The Kier molecular flexibility index (Phi) is 5.35. The number of rotatable bonds is 6. The highest BCUT2D eigenvalue weighted by molar-refractivity contribution is 5.32. The van der Waals surface area contributed by atoms with Crippen molar-refractivity contribution in [2.75, 3.05) is 31.6 Å². The summed E-state index contributed by atoms with van der Waals surface area (Å²) in [5.41, 5.74) is -0.124. The molecule has 0 aromatic carbocycles. The molecular formula is C13H22N4O2. The van der Waals surface area contributed by atoms with Crippen LogP contribution in [0.2, 0.25) is 0 Å². The van der Waals surface area contributed by atoms with Gasteiger partial charge in [-0.25, -0.2) is 4.98 Å². The summed E-state index contributed by atoms with van der Waals surface area (Å²) in [6, 6.07) is 1.47. The average molecular weight is 266 g/mol. The number of piperidine rings is 1. The van der Waals surface area contributed by atoms with E-state index < -0.39 is 0 Å². The van der Waals surface area contributed by atoms with Crippen LogP contribution in [0.4, 0.5) is 5.82 Å². The summed E-state index contributed by atoms with van der Waals surface area (Å²) in [5.74, 6) is 1.25. The molecule has 0 aliphatic carbocycles. The van der Waals surface area contributed by atoms with Crippen LogP contribution in [0.1, 0.15) is 25.1 Å². The highest BCUT2D eigenvalue weighted by Gasteiger charge is 2.12. The number of anilines is 1. The molecule has 0 radical (unpaired) electrons. The molecule has 1 aliphatic rings. The second kappa shape index (κ2) is 7.25. The lowest BCUT2D eigenvalue weighted by molar-refractivity contribution is 0.0329. The Bertz CT molecular complexity index is 441. The fraction of sp³-hybridized carbons (Fsp3) is 0.692. The summed E-state index contributed by atoms with van der Waals surface area (Å²) < 4.78 is 5.80. The molecule has 2 rings (SSSR count). The van der Waals surface area contributed by atoms with Crippen molar-refractivity contribution < 1.29 is 4.74 Å². The van der Waals surface area contributed by atoms with E-state index >= 15 is 0 Å². The van der Waals surface area contributed by atoms with Crippen molar-refractivity contribution in [2.45, 2.75) is 32.3 Å². The Balaban J connectivity index is 1.62. The fourth-order valence-corrected chi connectivity index (χ4v) is 2.17. The van der Waals surface area contributed by atoms with Gasteiger partial charge in [0.2, 0.25) is 0 Å². The maximum Gasteiger partial charge on any atom is 0.252 e. The van der Waals surface area contributed by atoms with E-state index in [1.54, 1.807) is 6.92 Å². The lowest BCUT2D eigenvalue weighted by Gasteiger charge is -2.22. The molecule has 0 amide bonds. The van der Waals surface area contributed by atoms with E-state index in [0.717, 1.165) is 45.5 Å². The van der Waals surface area contributed by atoms with Crippen molar-refractivity contribution in [3.8, 4) is 0 Å². The zero-order valence-electron chi connectivity index (χ0n) is 11.4. The van der Waals surface area contributed by atoms with Gasteiger partial charge in [-0.2, -0.15) is 0 Å². The van der Waals surface area contributed by atoms with Gasteiger partial charge in [-0.1, -0.05) is 0 Å². The molecule has 1 aliphatic heterocycles. The number of ether oxygens (including phenoxy) is 1. The smallest absolute Gasteiger partial charge is 0.252 e. The van der Waals surface area contributed by atoms with Crippen LogP contribution in [0, 0.1) is 6.92 Å². The SMILES string of the molecule is Cc1nc(NCCCOC2CCNCC2)cc(=O)[nH]1. The Morgan fingerprint density at radius 3 is 3.00 bits per heavy atom. The summed E-state index contributed by atoms with van der Waals surface area (Å²) in [6.07, 6.45) is 3.52. The van der Waals surface area contributed by atoms with E-state index in [0.29, 0.717) is 17.7 Å². The van der Waals surface area contributed by atoms with Crippen LogP contribution >= 0.6 is 0 Å². The Morgan fingerprint density at radius 1 is 1.47 bits per heavy atom. The topological polar surface area (TPSA) is 79.0 Å². The number of hydrogen-bond acceptors (Lipinski definition) is 5. The van der Waals surface area contributed by atoms with Gasteiger partial charge in [0.05, 0.1) is 6.10 Å². The van der Waals surface area contributed by atoms with Crippen LogP contribution < -0.4 is 16.2 Å². The molecule has 3 N–H and O–H groups in total. The maximum absolute atomic E-state index is 11.2. The highest BCUT2D eigenvalue weighted by Crippen LogP contribution is 2.07. The second-order valence-electron chi connectivity index (χ2n) is 4.82. The lowest BCUT2D eigenvalue weighted by Crippen LogP contribution is -2.32. The minimum Gasteiger partial charge on any atom is -0.378 e. The fourth-order valence-electron chi connectivity index (χ4n) is 2.17. The molecule has 19 heavy (non-hydrogen) atoms. The van der Waals surface area contributed by atoms with Crippen molar-refractivity contribution in [3.05, 3.63) is 22.2 Å². The van der Waals surface area contributed by atoms with E-state index in [-0.39, 0.29) is 5.56 Å². The van der Waals surface area contributed by atoms with Crippen molar-refractivity contribution in [3.63, 3.8) is 0 Å². The van der Waals surface area contributed by atoms with E-state index in [9.17, 15) is 4.79 Å². The number of aromatic amines is 1. The highest BCUT2D eigenvalue weighted by atomic mass is 16.5. The molecule has 6 heteroatoms. The van der Waals surface area contributed by atoms with Gasteiger partial charge in [-0.15, -0.1) is 0 Å². The minimum atomic E-state index is -0.124. The number of nitrogens with one attached hydrogen (secondary N) is 3. The van der Waals surface area contributed by atoms with Crippen LogP contribution in [0.3, 0.4) is 0 Å². The van der Waals surface area contributed by atoms with Crippen LogP contribution in [0.15, 0.2) is 10.9 Å². The molecule has 0 atom stereocenters. The van der Waals surface area contributed by atoms with Gasteiger partial charge in [0.1, 0.15) is 11.6 Å². The van der Waals surface area contributed by atoms with Crippen molar-refractivity contribution >= 4 is 5.82 Å².